The number of morpholine rings is 1. The summed E-state index contributed by atoms with van der Waals surface area (Å²) >= 11 is 0. The van der Waals surface area contributed by atoms with Gasteiger partial charge < -0.3 is 19.7 Å². The third kappa shape index (κ3) is 3.04. The topological polar surface area (TPSA) is 59.5 Å². The summed E-state index contributed by atoms with van der Waals surface area (Å²) in [6, 6.07) is 0. The van der Waals surface area contributed by atoms with Gasteiger partial charge >= 0.3 is 0 Å². The van der Waals surface area contributed by atoms with Crippen LogP contribution in [-0.2, 0) is 4.74 Å². The van der Waals surface area contributed by atoms with Gasteiger partial charge in [-0.05, 0) is 7.05 Å². The number of nitrogens with one attached hydrogen (secondary N) is 1. The van der Waals surface area contributed by atoms with Gasteiger partial charge in [0.2, 0.25) is 5.88 Å². The fourth-order valence-electron chi connectivity index (χ4n) is 1.87. The zero-order chi connectivity index (χ0) is 12.1. The second-order valence-corrected chi connectivity index (χ2v) is 3.92. The van der Waals surface area contributed by atoms with Crippen molar-refractivity contribution in [2.45, 2.75) is 6.10 Å². The van der Waals surface area contributed by atoms with Crippen molar-refractivity contribution in [2.24, 2.45) is 0 Å². The van der Waals surface area contributed by atoms with Crippen molar-refractivity contribution in [3.05, 3.63) is 12.4 Å². The van der Waals surface area contributed by atoms with E-state index in [0.717, 1.165) is 25.5 Å². The summed E-state index contributed by atoms with van der Waals surface area (Å²) in [5.74, 6) is 1.38. The number of ether oxygens (including phenoxy) is 2. The van der Waals surface area contributed by atoms with Crippen molar-refractivity contribution >= 4 is 5.82 Å². The normalized spacial score (nSPS) is 20.4. The molecule has 0 aliphatic carbocycles. The minimum atomic E-state index is 0.196. The van der Waals surface area contributed by atoms with E-state index in [1.54, 1.807) is 19.5 Å². The molecule has 2 heterocycles. The fourth-order valence-corrected chi connectivity index (χ4v) is 1.87. The van der Waals surface area contributed by atoms with Gasteiger partial charge in [0.1, 0.15) is 0 Å². The van der Waals surface area contributed by atoms with Crippen molar-refractivity contribution in [2.75, 3.05) is 45.3 Å². The van der Waals surface area contributed by atoms with Crippen LogP contribution >= 0.6 is 0 Å². The lowest BCUT2D eigenvalue weighted by atomic mass is 10.2. The van der Waals surface area contributed by atoms with Gasteiger partial charge in [-0.25, -0.2) is 0 Å². The van der Waals surface area contributed by atoms with Crippen LogP contribution in [0.3, 0.4) is 0 Å². The van der Waals surface area contributed by atoms with E-state index in [4.69, 9.17) is 9.47 Å². The number of hydrogen-bond acceptors (Lipinski definition) is 6. The maximum absolute atomic E-state index is 5.64. The highest BCUT2D eigenvalue weighted by Gasteiger charge is 2.21. The number of likely N-dealkylation sites (N-methyl/N-ethyl adjacent to an activating group) is 1. The molecular formula is C11H18N4O2. The van der Waals surface area contributed by atoms with Crippen LogP contribution in [0.4, 0.5) is 5.82 Å². The Bertz CT molecular complexity index is 359. The summed E-state index contributed by atoms with van der Waals surface area (Å²) in [6.07, 6.45) is 3.56. The van der Waals surface area contributed by atoms with Crippen molar-refractivity contribution in [1.82, 2.24) is 15.3 Å². The van der Waals surface area contributed by atoms with Crippen LogP contribution in [0, 0.1) is 0 Å². The van der Waals surface area contributed by atoms with Gasteiger partial charge in [-0.2, -0.15) is 4.98 Å². The zero-order valence-corrected chi connectivity index (χ0v) is 10.2. The fraction of sp³-hybridized carbons (Fsp3) is 0.636. The first kappa shape index (κ1) is 12.1. The first-order chi connectivity index (χ1) is 8.33. The SMILES string of the molecule is CNCC1CN(c2cncc(OC)n2)CCO1. The third-order valence-corrected chi connectivity index (χ3v) is 2.70. The lowest BCUT2D eigenvalue weighted by Gasteiger charge is -2.33. The van der Waals surface area contributed by atoms with Gasteiger partial charge in [-0.1, -0.05) is 0 Å². The summed E-state index contributed by atoms with van der Waals surface area (Å²) in [5.41, 5.74) is 0. The second kappa shape index (κ2) is 5.79. The summed E-state index contributed by atoms with van der Waals surface area (Å²) < 4.78 is 10.7. The molecule has 94 valence electrons. The van der Waals surface area contributed by atoms with E-state index in [-0.39, 0.29) is 6.10 Å². The standard InChI is InChI=1S/C11H18N4O2/c1-12-5-9-8-15(3-4-17-9)10-6-13-7-11(14-10)16-2/h6-7,9,12H,3-5,8H2,1-2H3. The van der Waals surface area contributed by atoms with E-state index < -0.39 is 0 Å². The molecule has 1 aromatic heterocycles. The van der Waals surface area contributed by atoms with Crippen LogP contribution < -0.4 is 15.0 Å². The summed E-state index contributed by atoms with van der Waals surface area (Å²) in [4.78, 5) is 10.7. The number of anilines is 1. The molecule has 0 bridgehead atoms. The van der Waals surface area contributed by atoms with Gasteiger partial charge in [0.25, 0.3) is 0 Å². The molecule has 1 aliphatic rings. The Labute approximate surface area is 101 Å². The summed E-state index contributed by atoms with van der Waals surface area (Å²) in [5, 5.41) is 3.12. The molecule has 0 aromatic carbocycles. The van der Waals surface area contributed by atoms with E-state index in [1.165, 1.54) is 0 Å². The Balaban J connectivity index is 2.05. The van der Waals surface area contributed by atoms with E-state index in [0.29, 0.717) is 12.5 Å². The molecule has 0 amide bonds. The maximum atomic E-state index is 5.64. The molecule has 6 heteroatoms. The van der Waals surface area contributed by atoms with Crippen LogP contribution in [0.1, 0.15) is 0 Å². The zero-order valence-electron chi connectivity index (χ0n) is 10.2. The van der Waals surface area contributed by atoms with Gasteiger partial charge in [-0.15, -0.1) is 0 Å². The van der Waals surface area contributed by atoms with Gasteiger partial charge in [0, 0.05) is 19.6 Å². The molecule has 1 aromatic rings. The largest absolute Gasteiger partial charge is 0.480 e. The van der Waals surface area contributed by atoms with Gasteiger partial charge in [0.15, 0.2) is 5.82 Å². The quantitative estimate of drug-likeness (QED) is 0.791. The van der Waals surface area contributed by atoms with Crippen molar-refractivity contribution in [1.29, 1.82) is 0 Å². The molecular weight excluding hydrogens is 220 g/mol. The minimum absolute atomic E-state index is 0.196. The third-order valence-electron chi connectivity index (χ3n) is 2.70. The lowest BCUT2D eigenvalue weighted by molar-refractivity contribution is 0.0418. The average Bonchev–Trinajstić information content (AvgIpc) is 2.40. The van der Waals surface area contributed by atoms with Gasteiger partial charge in [0.05, 0.1) is 32.2 Å². The Morgan fingerprint density at radius 2 is 2.47 bits per heavy atom. The Hall–Kier alpha value is -1.40. The first-order valence-corrected chi connectivity index (χ1v) is 5.70. The Morgan fingerprint density at radius 1 is 1.59 bits per heavy atom. The van der Waals surface area contributed by atoms with Crippen molar-refractivity contribution < 1.29 is 9.47 Å². The predicted molar refractivity (Wildman–Crippen MR) is 64.5 cm³/mol. The van der Waals surface area contributed by atoms with Crippen LogP contribution in [0.5, 0.6) is 5.88 Å². The van der Waals surface area contributed by atoms with Crippen molar-refractivity contribution in [3.63, 3.8) is 0 Å². The lowest BCUT2D eigenvalue weighted by Crippen LogP contribution is -2.46. The maximum Gasteiger partial charge on any atom is 0.233 e. The highest BCUT2D eigenvalue weighted by atomic mass is 16.5. The molecule has 0 spiro atoms. The molecule has 1 saturated heterocycles. The molecule has 1 fully saturated rings. The molecule has 6 nitrogen and oxygen atoms in total. The van der Waals surface area contributed by atoms with Crippen LogP contribution in [0.25, 0.3) is 0 Å². The summed E-state index contributed by atoms with van der Waals surface area (Å²) in [7, 11) is 3.52. The number of aromatic nitrogens is 2. The number of hydrogen-bond donors (Lipinski definition) is 1. The van der Waals surface area contributed by atoms with Crippen molar-refractivity contribution in [3.8, 4) is 5.88 Å². The van der Waals surface area contributed by atoms with E-state index in [9.17, 15) is 0 Å². The molecule has 1 atom stereocenters. The summed E-state index contributed by atoms with van der Waals surface area (Å²) in [6.45, 7) is 3.21. The molecule has 0 saturated carbocycles. The number of methoxy groups -OCH3 is 1. The van der Waals surface area contributed by atoms with E-state index in [1.807, 2.05) is 7.05 Å². The van der Waals surface area contributed by atoms with Crippen LogP contribution in [-0.4, -0.2) is 56.5 Å². The van der Waals surface area contributed by atoms with E-state index in [2.05, 4.69) is 20.2 Å². The monoisotopic (exact) mass is 238 g/mol. The average molecular weight is 238 g/mol. The molecule has 1 aliphatic heterocycles. The second-order valence-electron chi connectivity index (χ2n) is 3.92. The molecule has 1 N–H and O–H groups in total. The highest BCUT2D eigenvalue weighted by Crippen LogP contribution is 2.16. The number of rotatable bonds is 4. The molecule has 2 rings (SSSR count). The Morgan fingerprint density at radius 3 is 3.24 bits per heavy atom. The number of nitrogens with zero attached hydrogens (tertiary/aromatic N) is 3. The molecule has 0 radical (unpaired) electrons. The van der Waals surface area contributed by atoms with Crippen LogP contribution in [0.2, 0.25) is 0 Å². The minimum Gasteiger partial charge on any atom is -0.480 e. The van der Waals surface area contributed by atoms with E-state index >= 15 is 0 Å². The van der Waals surface area contributed by atoms with Gasteiger partial charge in [-0.3, -0.25) is 4.98 Å². The smallest absolute Gasteiger partial charge is 0.233 e. The van der Waals surface area contributed by atoms with Crippen LogP contribution in [0.15, 0.2) is 12.4 Å². The first-order valence-electron chi connectivity index (χ1n) is 5.70. The predicted octanol–water partition coefficient (Wildman–Crippen LogP) is -0.0902. The molecule has 1 unspecified atom stereocenters. The molecule has 17 heavy (non-hydrogen) atoms. The highest BCUT2D eigenvalue weighted by molar-refractivity contribution is 5.38. The Kier molecular flexibility index (Phi) is 4.11.